The molecule has 1 saturated heterocycles. The summed E-state index contributed by atoms with van der Waals surface area (Å²) >= 11 is 1.22. The molecule has 1 N–H and O–H groups in total. The maximum absolute atomic E-state index is 11.8. The van der Waals surface area contributed by atoms with Gasteiger partial charge in [-0.05, 0) is 24.6 Å². The Hall–Kier alpha value is -2.75. The van der Waals surface area contributed by atoms with E-state index in [0.717, 1.165) is 0 Å². The van der Waals surface area contributed by atoms with Gasteiger partial charge in [0, 0.05) is 25.5 Å². The molecule has 0 spiro atoms. The highest BCUT2D eigenvalue weighted by Crippen LogP contribution is 2.22. The molecule has 1 amide bonds. The van der Waals surface area contributed by atoms with Gasteiger partial charge in [0.2, 0.25) is 5.91 Å². The van der Waals surface area contributed by atoms with Gasteiger partial charge < -0.3 is 10.1 Å². The smallest absolute Gasteiger partial charge is 0.302 e. The van der Waals surface area contributed by atoms with Crippen LogP contribution in [0.4, 0.5) is 5.69 Å². The molecule has 1 aliphatic rings. The number of nitro groups is 1. The standard InChI is InChI=1S/C15H16N4O5S/c1-9(11-3-5-12(6-4-11)19(22)23)17-18-15-16-14(21)13(25-15)7-8-24-10(2)20/h3-6,13H,7-8H2,1-2H3,(H,16,18,21)/b17-9+. The van der Waals surface area contributed by atoms with Crippen LogP contribution >= 0.6 is 11.8 Å². The lowest BCUT2D eigenvalue weighted by molar-refractivity contribution is -0.384. The first kappa shape index (κ1) is 18.6. The zero-order valence-electron chi connectivity index (χ0n) is 13.6. The Balaban J connectivity index is 1.98. The summed E-state index contributed by atoms with van der Waals surface area (Å²) in [5, 5.41) is 21.3. The van der Waals surface area contributed by atoms with E-state index >= 15 is 0 Å². The maximum Gasteiger partial charge on any atom is 0.302 e. The van der Waals surface area contributed by atoms with E-state index in [9.17, 15) is 19.7 Å². The largest absolute Gasteiger partial charge is 0.466 e. The molecular weight excluding hydrogens is 348 g/mol. The molecule has 0 aromatic heterocycles. The fourth-order valence-corrected chi connectivity index (χ4v) is 2.85. The number of hydrogen-bond acceptors (Lipinski definition) is 8. The SMILES string of the molecule is CC(=O)OCCC1S/C(=N/N=C(\C)c2ccc([N+](=O)[O-])cc2)NC1=O. The van der Waals surface area contributed by atoms with Crippen molar-refractivity contribution in [3.63, 3.8) is 0 Å². The van der Waals surface area contributed by atoms with Crippen LogP contribution in [0.25, 0.3) is 0 Å². The van der Waals surface area contributed by atoms with Crippen LogP contribution in [0.1, 0.15) is 25.8 Å². The number of hydrogen-bond donors (Lipinski definition) is 1. The van der Waals surface area contributed by atoms with E-state index in [0.29, 0.717) is 22.9 Å². The molecule has 2 rings (SSSR count). The predicted molar refractivity (Wildman–Crippen MR) is 93.5 cm³/mol. The second-order valence-corrected chi connectivity index (χ2v) is 6.31. The number of nitro benzene ring substituents is 1. The van der Waals surface area contributed by atoms with Gasteiger partial charge in [0.15, 0.2) is 5.17 Å². The Bertz CT molecular complexity index is 745. The molecule has 9 nitrogen and oxygen atoms in total. The molecular formula is C15H16N4O5S. The van der Waals surface area contributed by atoms with Crippen molar-refractivity contribution in [2.75, 3.05) is 6.61 Å². The minimum absolute atomic E-state index is 0.00269. The van der Waals surface area contributed by atoms with Crippen LogP contribution in [-0.4, -0.2) is 39.5 Å². The zero-order valence-corrected chi connectivity index (χ0v) is 14.4. The number of nitrogens with one attached hydrogen (secondary N) is 1. The summed E-state index contributed by atoms with van der Waals surface area (Å²) in [6.07, 6.45) is 0.389. The highest BCUT2D eigenvalue weighted by molar-refractivity contribution is 8.15. The van der Waals surface area contributed by atoms with E-state index in [1.165, 1.54) is 30.8 Å². The normalized spacial score (nSPS) is 19.0. The van der Waals surface area contributed by atoms with Gasteiger partial charge in [0.25, 0.3) is 5.69 Å². The Morgan fingerprint density at radius 3 is 2.64 bits per heavy atom. The number of rotatable bonds is 6. The Morgan fingerprint density at radius 1 is 1.36 bits per heavy atom. The van der Waals surface area contributed by atoms with Crippen LogP contribution in [0.15, 0.2) is 34.5 Å². The number of esters is 1. The predicted octanol–water partition coefficient (Wildman–Crippen LogP) is 1.86. The van der Waals surface area contributed by atoms with Gasteiger partial charge in [-0.15, -0.1) is 5.10 Å². The number of ether oxygens (including phenoxy) is 1. The molecule has 1 aromatic rings. The van der Waals surface area contributed by atoms with Crippen molar-refractivity contribution in [2.45, 2.75) is 25.5 Å². The first-order chi connectivity index (χ1) is 11.9. The topological polar surface area (TPSA) is 123 Å². The average Bonchev–Trinajstić information content (AvgIpc) is 2.92. The summed E-state index contributed by atoms with van der Waals surface area (Å²) in [5.41, 5.74) is 1.24. The summed E-state index contributed by atoms with van der Waals surface area (Å²) < 4.78 is 4.82. The van der Waals surface area contributed by atoms with E-state index in [1.807, 2.05) is 0 Å². The molecule has 1 aliphatic heterocycles. The zero-order chi connectivity index (χ0) is 18.4. The van der Waals surface area contributed by atoms with Crippen molar-refractivity contribution in [2.24, 2.45) is 10.2 Å². The van der Waals surface area contributed by atoms with Crippen molar-refractivity contribution in [1.29, 1.82) is 0 Å². The molecule has 0 saturated carbocycles. The van der Waals surface area contributed by atoms with Crippen LogP contribution in [0, 0.1) is 10.1 Å². The van der Waals surface area contributed by atoms with Crippen LogP contribution in [0.2, 0.25) is 0 Å². The summed E-state index contributed by atoms with van der Waals surface area (Å²) in [6, 6.07) is 5.94. The van der Waals surface area contributed by atoms with Gasteiger partial charge in [0.05, 0.1) is 22.5 Å². The monoisotopic (exact) mass is 364 g/mol. The molecule has 0 radical (unpaired) electrons. The Kier molecular flexibility index (Phi) is 6.23. The lowest BCUT2D eigenvalue weighted by Gasteiger charge is -2.04. The summed E-state index contributed by atoms with van der Waals surface area (Å²) in [4.78, 5) is 32.7. The van der Waals surface area contributed by atoms with E-state index in [1.54, 1.807) is 19.1 Å². The third-order valence-corrected chi connectivity index (χ3v) is 4.39. The van der Waals surface area contributed by atoms with Crippen molar-refractivity contribution in [3.8, 4) is 0 Å². The molecule has 0 bridgehead atoms. The second-order valence-electron chi connectivity index (χ2n) is 5.12. The van der Waals surface area contributed by atoms with Gasteiger partial charge in [-0.1, -0.05) is 11.8 Å². The van der Waals surface area contributed by atoms with Crippen LogP contribution in [0.5, 0.6) is 0 Å². The molecule has 1 aromatic carbocycles. The van der Waals surface area contributed by atoms with E-state index in [4.69, 9.17) is 4.74 Å². The van der Waals surface area contributed by atoms with Gasteiger partial charge in [-0.25, -0.2) is 0 Å². The molecule has 1 heterocycles. The molecule has 132 valence electrons. The van der Waals surface area contributed by atoms with Crippen molar-refractivity contribution in [1.82, 2.24) is 5.32 Å². The van der Waals surface area contributed by atoms with Crippen molar-refractivity contribution < 1.29 is 19.2 Å². The molecule has 1 fully saturated rings. The first-order valence-corrected chi connectivity index (χ1v) is 8.22. The summed E-state index contributed by atoms with van der Waals surface area (Å²) in [7, 11) is 0. The second kappa shape index (κ2) is 8.38. The number of benzene rings is 1. The summed E-state index contributed by atoms with van der Waals surface area (Å²) in [5.74, 6) is -0.597. The average molecular weight is 364 g/mol. The Morgan fingerprint density at radius 2 is 2.04 bits per heavy atom. The Labute approximate surface area is 147 Å². The lowest BCUT2D eigenvalue weighted by Crippen LogP contribution is -2.25. The molecule has 1 atom stereocenters. The van der Waals surface area contributed by atoms with Crippen molar-refractivity contribution >= 4 is 40.2 Å². The first-order valence-electron chi connectivity index (χ1n) is 7.35. The third-order valence-electron chi connectivity index (χ3n) is 3.25. The number of carbonyl (C=O) groups excluding carboxylic acids is 2. The van der Waals surface area contributed by atoms with Gasteiger partial charge in [0.1, 0.15) is 0 Å². The molecule has 25 heavy (non-hydrogen) atoms. The lowest BCUT2D eigenvalue weighted by atomic mass is 10.1. The third kappa shape index (κ3) is 5.38. The fraction of sp³-hybridized carbons (Fsp3) is 0.333. The minimum Gasteiger partial charge on any atom is -0.466 e. The van der Waals surface area contributed by atoms with Gasteiger partial charge >= 0.3 is 5.97 Å². The quantitative estimate of drug-likeness (QED) is 0.356. The van der Waals surface area contributed by atoms with Crippen LogP contribution in [-0.2, 0) is 14.3 Å². The number of thioether (sulfide) groups is 1. The van der Waals surface area contributed by atoms with E-state index < -0.39 is 4.92 Å². The van der Waals surface area contributed by atoms with Crippen LogP contribution in [0.3, 0.4) is 0 Å². The number of amides is 1. The highest BCUT2D eigenvalue weighted by atomic mass is 32.2. The van der Waals surface area contributed by atoms with Gasteiger partial charge in [-0.3, -0.25) is 19.7 Å². The van der Waals surface area contributed by atoms with E-state index in [2.05, 4.69) is 15.5 Å². The van der Waals surface area contributed by atoms with Crippen molar-refractivity contribution in [3.05, 3.63) is 39.9 Å². The molecule has 0 aliphatic carbocycles. The minimum atomic E-state index is -0.475. The fourth-order valence-electron chi connectivity index (χ4n) is 1.95. The number of nitrogens with zero attached hydrogens (tertiary/aromatic N) is 3. The van der Waals surface area contributed by atoms with Gasteiger partial charge in [-0.2, -0.15) is 5.10 Å². The van der Waals surface area contributed by atoms with Crippen LogP contribution < -0.4 is 5.32 Å². The number of non-ortho nitro benzene ring substituents is 1. The number of amidine groups is 1. The molecule has 10 heteroatoms. The highest BCUT2D eigenvalue weighted by Gasteiger charge is 2.30. The number of carbonyl (C=O) groups is 2. The molecule has 1 unspecified atom stereocenters. The maximum atomic E-state index is 11.8. The van der Waals surface area contributed by atoms with E-state index in [-0.39, 0.29) is 29.4 Å². The summed E-state index contributed by atoms with van der Waals surface area (Å²) in [6.45, 7) is 3.19.